The monoisotopic (exact) mass is 467 g/mol. The van der Waals surface area contributed by atoms with Gasteiger partial charge in [-0.2, -0.15) is 26.3 Å². The zero-order valence-electron chi connectivity index (χ0n) is 15.5. The fraction of sp³-hybridized carbons (Fsp3) is 0.316. The van der Waals surface area contributed by atoms with E-state index in [1.807, 2.05) is 0 Å². The van der Waals surface area contributed by atoms with Crippen molar-refractivity contribution in [3.05, 3.63) is 53.6 Å². The minimum Gasteiger partial charge on any atom is -0.480 e. The molecule has 2 aromatic carbocycles. The summed E-state index contributed by atoms with van der Waals surface area (Å²) >= 11 is 0. The number of rotatable bonds is 4. The molecule has 0 aromatic heterocycles. The first-order valence-corrected chi connectivity index (χ1v) is 10.3. The molecular weight excluding hydrogens is 452 g/mol. The van der Waals surface area contributed by atoms with E-state index < -0.39 is 55.1 Å². The van der Waals surface area contributed by atoms with E-state index in [4.69, 9.17) is 0 Å². The van der Waals surface area contributed by atoms with Crippen LogP contribution in [0, 0.1) is 0 Å². The number of alkyl halides is 6. The highest BCUT2D eigenvalue weighted by molar-refractivity contribution is 7.91. The molecule has 12 heteroatoms. The molecule has 1 unspecified atom stereocenters. The van der Waals surface area contributed by atoms with Gasteiger partial charge in [0.25, 0.3) is 0 Å². The summed E-state index contributed by atoms with van der Waals surface area (Å²) < 4.78 is 107. The van der Waals surface area contributed by atoms with E-state index >= 15 is 0 Å². The summed E-state index contributed by atoms with van der Waals surface area (Å²) in [6.45, 7) is 0.136. The second kappa shape index (κ2) is 7.74. The summed E-state index contributed by atoms with van der Waals surface area (Å²) in [4.78, 5) is 9.89. The van der Waals surface area contributed by atoms with Crippen LogP contribution in [-0.4, -0.2) is 32.1 Å². The van der Waals surface area contributed by atoms with E-state index in [-0.39, 0.29) is 18.7 Å². The Bertz CT molecular complexity index is 1110. The molecule has 0 bridgehead atoms. The smallest absolute Gasteiger partial charge is 0.417 e. The Labute approximate surface area is 172 Å². The Morgan fingerprint density at radius 1 is 0.935 bits per heavy atom. The summed E-state index contributed by atoms with van der Waals surface area (Å²) in [6, 6.07) is 3.88. The van der Waals surface area contributed by atoms with Crippen molar-refractivity contribution in [2.24, 2.45) is 0 Å². The summed E-state index contributed by atoms with van der Waals surface area (Å²) in [7, 11) is -5.21. The minimum absolute atomic E-state index is 0.136. The van der Waals surface area contributed by atoms with Gasteiger partial charge >= 0.3 is 18.3 Å². The first kappa shape index (κ1) is 22.9. The Balaban J connectivity index is 2.20. The van der Waals surface area contributed by atoms with Crippen LogP contribution < -0.4 is 4.90 Å². The fourth-order valence-corrected chi connectivity index (χ4v) is 5.22. The van der Waals surface area contributed by atoms with Crippen LogP contribution in [0.4, 0.5) is 32.0 Å². The number of hydrogen-bond donors (Lipinski definition) is 1. The fourth-order valence-electron chi connectivity index (χ4n) is 3.54. The third-order valence-electron chi connectivity index (χ3n) is 4.91. The maximum atomic E-state index is 13.7. The van der Waals surface area contributed by atoms with Gasteiger partial charge in [-0.05, 0) is 43.2 Å². The predicted octanol–water partition coefficient (Wildman–Crippen LogP) is 4.61. The van der Waals surface area contributed by atoms with E-state index in [0.717, 1.165) is 18.2 Å². The van der Waals surface area contributed by atoms with Crippen LogP contribution in [0.15, 0.2) is 52.3 Å². The first-order valence-electron chi connectivity index (χ1n) is 8.86. The Morgan fingerprint density at radius 2 is 1.52 bits per heavy atom. The number of anilines is 1. The van der Waals surface area contributed by atoms with Crippen LogP contribution in [0.3, 0.4) is 0 Å². The maximum Gasteiger partial charge on any atom is 0.417 e. The van der Waals surface area contributed by atoms with E-state index in [9.17, 15) is 44.7 Å². The zero-order valence-corrected chi connectivity index (χ0v) is 16.4. The third-order valence-corrected chi connectivity index (χ3v) is 6.78. The number of aliphatic carboxylic acids is 1. The molecule has 31 heavy (non-hydrogen) atoms. The van der Waals surface area contributed by atoms with E-state index in [1.165, 1.54) is 4.90 Å². The van der Waals surface area contributed by atoms with Gasteiger partial charge in [-0.1, -0.05) is 12.1 Å². The normalized spacial score (nSPS) is 17.7. The second-order valence-electron chi connectivity index (χ2n) is 6.87. The standard InChI is InChI=1S/C19H15F6NO4S/c20-18(21,22)12-4-1-2-6-15(12)31(29,30)16-8-7-11(10-13(16)19(23,24)25)26-9-3-5-14(26)17(27)28/h1-2,4,6-8,10,14H,3,5,9H2,(H,27,28). The van der Waals surface area contributed by atoms with Gasteiger partial charge in [0.1, 0.15) is 6.04 Å². The summed E-state index contributed by atoms with van der Waals surface area (Å²) in [6.07, 6.45) is -9.73. The number of nitrogens with zero attached hydrogens (tertiary/aromatic N) is 1. The molecule has 0 radical (unpaired) electrons. The quantitative estimate of drug-likeness (QED) is 0.665. The van der Waals surface area contributed by atoms with Gasteiger partial charge in [-0.25, -0.2) is 13.2 Å². The van der Waals surface area contributed by atoms with Gasteiger partial charge in [-0.3, -0.25) is 0 Å². The van der Waals surface area contributed by atoms with Crippen molar-refractivity contribution >= 4 is 21.5 Å². The van der Waals surface area contributed by atoms with Gasteiger partial charge in [0, 0.05) is 12.2 Å². The number of halogens is 6. The van der Waals surface area contributed by atoms with Crippen LogP contribution >= 0.6 is 0 Å². The molecule has 1 heterocycles. The molecule has 1 N–H and O–H groups in total. The highest BCUT2D eigenvalue weighted by atomic mass is 32.2. The van der Waals surface area contributed by atoms with Crippen LogP contribution in [-0.2, 0) is 27.0 Å². The van der Waals surface area contributed by atoms with Crippen molar-refractivity contribution in [2.45, 2.75) is 41.0 Å². The van der Waals surface area contributed by atoms with Crippen molar-refractivity contribution in [3.8, 4) is 0 Å². The predicted molar refractivity (Wildman–Crippen MR) is 96.3 cm³/mol. The molecule has 3 rings (SSSR count). The molecule has 0 amide bonds. The van der Waals surface area contributed by atoms with Gasteiger partial charge in [-0.15, -0.1) is 0 Å². The van der Waals surface area contributed by atoms with E-state index in [2.05, 4.69) is 0 Å². The largest absolute Gasteiger partial charge is 0.480 e. The van der Waals surface area contributed by atoms with Crippen molar-refractivity contribution in [1.82, 2.24) is 0 Å². The molecular formula is C19H15F6NO4S. The molecule has 168 valence electrons. The van der Waals surface area contributed by atoms with E-state index in [0.29, 0.717) is 30.7 Å². The summed E-state index contributed by atoms with van der Waals surface area (Å²) in [5.41, 5.74) is -3.43. The molecule has 1 atom stereocenters. The Hall–Kier alpha value is -2.76. The van der Waals surface area contributed by atoms with Crippen LogP contribution in [0.1, 0.15) is 24.0 Å². The molecule has 0 saturated carbocycles. The number of carboxylic acids is 1. The van der Waals surface area contributed by atoms with Gasteiger partial charge in [0.2, 0.25) is 9.84 Å². The van der Waals surface area contributed by atoms with E-state index in [1.54, 1.807) is 0 Å². The number of carbonyl (C=O) groups is 1. The lowest BCUT2D eigenvalue weighted by Crippen LogP contribution is -2.36. The van der Waals surface area contributed by atoms with Crippen LogP contribution in [0.25, 0.3) is 0 Å². The summed E-state index contributed by atoms with van der Waals surface area (Å²) in [5, 5.41) is 9.25. The summed E-state index contributed by atoms with van der Waals surface area (Å²) in [5.74, 6) is -1.25. The lowest BCUT2D eigenvalue weighted by atomic mass is 10.1. The van der Waals surface area contributed by atoms with Gasteiger partial charge in [0.05, 0.1) is 20.9 Å². The lowest BCUT2D eigenvalue weighted by Gasteiger charge is -2.25. The highest BCUT2D eigenvalue weighted by Gasteiger charge is 2.42. The van der Waals surface area contributed by atoms with Crippen molar-refractivity contribution in [3.63, 3.8) is 0 Å². The van der Waals surface area contributed by atoms with Crippen molar-refractivity contribution < 1.29 is 44.7 Å². The van der Waals surface area contributed by atoms with Gasteiger partial charge in [0.15, 0.2) is 0 Å². The molecule has 0 spiro atoms. The average molecular weight is 467 g/mol. The molecule has 1 aliphatic rings. The first-order chi connectivity index (χ1) is 14.2. The number of sulfone groups is 1. The molecule has 5 nitrogen and oxygen atoms in total. The Kier molecular flexibility index (Phi) is 5.72. The van der Waals surface area contributed by atoms with Crippen LogP contribution in [0.5, 0.6) is 0 Å². The average Bonchev–Trinajstić information content (AvgIpc) is 3.16. The van der Waals surface area contributed by atoms with Crippen LogP contribution in [0.2, 0.25) is 0 Å². The maximum absolute atomic E-state index is 13.7. The van der Waals surface area contributed by atoms with Gasteiger partial charge < -0.3 is 10.0 Å². The zero-order chi connectivity index (χ0) is 23.2. The molecule has 1 saturated heterocycles. The van der Waals surface area contributed by atoms with Crippen molar-refractivity contribution in [2.75, 3.05) is 11.4 Å². The molecule has 1 aliphatic heterocycles. The highest BCUT2D eigenvalue weighted by Crippen LogP contribution is 2.42. The van der Waals surface area contributed by atoms with Crippen molar-refractivity contribution in [1.29, 1.82) is 0 Å². The third kappa shape index (κ3) is 4.34. The topological polar surface area (TPSA) is 74.7 Å². The molecule has 1 fully saturated rings. The molecule has 2 aromatic rings. The number of carboxylic acid groups (broad SMARTS) is 1. The Morgan fingerprint density at radius 3 is 2.10 bits per heavy atom. The lowest BCUT2D eigenvalue weighted by molar-refractivity contribution is -0.140. The number of hydrogen-bond acceptors (Lipinski definition) is 4. The molecule has 0 aliphatic carbocycles. The SMILES string of the molecule is O=C(O)C1CCCN1c1ccc(S(=O)(=O)c2ccccc2C(F)(F)F)c(C(F)(F)F)c1. The number of benzene rings is 2. The second-order valence-corrected chi connectivity index (χ2v) is 8.75. The minimum atomic E-state index is -5.22.